The molecule has 0 unspecified atom stereocenters. The van der Waals surface area contributed by atoms with Gasteiger partial charge in [0.25, 0.3) is 0 Å². The number of hydrogen-bond donors (Lipinski definition) is 1. The van der Waals surface area contributed by atoms with E-state index in [9.17, 15) is 13.2 Å². The Morgan fingerprint density at radius 3 is 2.76 bits per heavy atom. The summed E-state index contributed by atoms with van der Waals surface area (Å²) >= 11 is 0. The minimum atomic E-state index is -3.38. The zero-order chi connectivity index (χ0) is 12.2. The van der Waals surface area contributed by atoms with E-state index >= 15 is 0 Å². The van der Waals surface area contributed by atoms with Crippen molar-refractivity contribution in [3.05, 3.63) is 45.1 Å². The highest BCUT2D eigenvalue weighted by atomic mass is 32.2. The molecular formula is C12H9NO3S. The van der Waals surface area contributed by atoms with Crippen LogP contribution in [0.4, 0.5) is 0 Å². The van der Waals surface area contributed by atoms with E-state index in [1.807, 2.05) is 0 Å². The first-order valence-corrected chi connectivity index (χ1v) is 6.57. The number of sulfone groups is 1. The number of H-pyrrole nitrogens is 1. The van der Waals surface area contributed by atoms with Gasteiger partial charge < -0.3 is 4.98 Å². The molecule has 4 nitrogen and oxygen atoms in total. The summed E-state index contributed by atoms with van der Waals surface area (Å²) in [7, 11) is -3.38. The standard InChI is InChI=1S/C12H9NO3S/c1-7-4-8-5-10-9(11(14)2-3-13-10)6-12(8)17(7,15)16/h2-6H,1H3,(H,13,14). The number of rotatable bonds is 0. The largest absolute Gasteiger partial charge is 0.361 e. The first kappa shape index (κ1) is 10.3. The molecular weight excluding hydrogens is 238 g/mol. The SMILES string of the molecule is CC1=Cc2cc3[nH]ccc(=O)c3cc2S1(=O)=O. The van der Waals surface area contributed by atoms with Gasteiger partial charge in [0.1, 0.15) is 0 Å². The molecule has 0 amide bonds. The molecule has 0 atom stereocenters. The smallest absolute Gasteiger partial charge is 0.203 e. The van der Waals surface area contributed by atoms with Gasteiger partial charge >= 0.3 is 0 Å². The molecule has 0 radical (unpaired) electrons. The normalized spacial score (nSPS) is 16.9. The number of allylic oxidation sites excluding steroid dienone is 1. The van der Waals surface area contributed by atoms with E-state index in [0.29, 0.717) is 21.4 Å². The van der Waals surface area contributed by atoms with Crippen molar-refractivity contribution in [2.75, 3.05) is 0 Å². The monoisotopic (exact) mass is 247 g/mol. The number of fused-ring (bicyclic) bond motifs is 2. The number of pyridine rings is 1. The maximum Gasteiger partial charge on any atom is 0.203 e. The highest BCUT2D eigenvalue weighted by molar-refractivity contribution is 7.95. The highest BCUT2D eigenvalue weighted by Gasteiger charge is 2.27. The Morgan fingerprint density at radius 1 is 1.24 bits per heavy atom. The molecule has 1 aliphatic heterocycles. The first-order chi connectivity index (χ1) is 8.00. The number of hydrogen-bond acceptors (Lipinski definition) is 3. The summed E-state index contributed by atoms with van der Waals surface area (Å²) in [4.78, 5) is 15.1. The summed E-state index contributed by atoms with van der Waals surface area (Å²) in [6, 6.07) is 4.53. The Labute approximate surface area is 97.5 Å². The van der Waals surface area contributed by atoms with Gasteiger partial charge in [0.05, 0.1) is 4.90 Å². The van der Waals surface area contributed by atoms with Gasteiger partial charge in [0, 0.05) is 28.1 Å². The van der Waals surface area contributed by atoms with E-state index in [2.05, 4.69) is 4.98 Å². The Balaban J connectivity index is 2.51. The van der Waals surface area contributed by atoms with Crippen LogP contribution in [0.2, 0.25) is 0 Å². The number of aromatic amines is 1. The molecule has 17 heavy (non-hydrogen) atoms. The lowest BCUT2D eigenvalue weighted by molar-refractivity contribution is 0.603. The molecule has 1 aliphatic rings. The fraction of sp³-hybridized carbons (Fsp3) is 0.0833. The average Bonchev–Trinajstić information content (AvgIpc) is 2.49. The van der Waals surface area contributed by atoms with Crippen molar-refractivity contribution in [3.63, 3.8) is 0 Å². The summed E-state index contributed by atoms with van der Waals surface area (Å²) in [5.74, 6) is 0. The molecule has 2 heterocycles. The van der Waals surface area contributed by atoms with Gasteiger partial charge in [0.15, 0.2) is 5.43 Å². The fourth-order valence-corrected chi connectivity index (χ4v) is 3.36. The van der Waals surface area contributed by atoms with Gasteiger partial charge in [-0.1, -0.05) is 0 Å². The summed E-state index contributed by atoms with van der Waals surface area (Å²) in [6.07, 6.45) is 3.17. The zero-order valence-electron chi connectivity index (χ0n) is 9.02. The molecule has 86 valence electrons. The van der Waals surface area contributed by atoms with Crippen molar-refractivity contribution in [2.24, 2.45) is 0 Å². The van der Waals surface area contributed by atoms with Gasteiger partial charge in [-0.3, -0.25) is 4.79 Å². The first-order valence-electron chi connectivity index (χ1n) is 5.09. The molecule has 1 aromatic heterocycles. The maximum atomic E-state index is 12.0. The van der Waals surface area contributed by atoms with Gasteiger partial charge in [-0.15, -0.1) is 0 Å². The van der Waals surface area contributed by atoms with Crippen LogP contribution in [-0.4, -0.2) is 13.4 Å². The second-order valence-corrected chi connectivity index (χ2v) is 6.13. The zero-order valence-corrected chi connectivity index (χ0v) is 9.84. The van der Waals surface area contributed by atoms with Crippen LogP contribution >= 0.6 is 0 Å². The minimum absolute atomic E-state index is 0.179. The lowest BCUT2D eigenvalue weighted by atomic mass is 10.1. The Kier molecular flexibility index (Phi) is 1.86. The third kappa shape index (κ3) is 1.29. The summed E-state index contributed by atoms with van der Waals surface area (Å²) in [5, 5.41) is 0.401. The van der Waals surface area contributed by atoms with E-state index in [4.69, 9.17) is 0 Å². The number of benzene rings is 1. The lowest BCUT2D eigenvalue weighted by Gasteiger charge is -2.02. The van der Waals surface area contributed by atoms with Crippen molar-refractivity contribution in [1.82, 2.24) is 4.98 Å². The average molecular weight is 247 g/mol. The van der Waals surface area contributed by atoms with Crippen LogP contribution < -0.4 is 5.43 Å². The molecule has 0 aliphatic carbocycles. The summed E-state index contributed by atoms with van der Waals surface area (Å²) in [6.45, 7) is 1.56. The lowest BCUT2D eigenvalue weighted by Crippen LogP contribution is -2.03. The van der Waals surface area contributed by atoms with Crippen molar-refractivity contribution in [1.29, 1.82) is 0 Å². The summed E-state index contributed by atoms with van der Waals surface area (Å²) in [5.41, 5.74) is 1.11. The molecule has 0 fully saturated rings. The van der Waals surface area contributed by atoms with Gasteiger partial charge in [-0.05, 0) is 30.7 Å². The van der Waals surface area contributed by atoms with Crippen LogP contribution in [0.15, 0.2) is 39.0 Å². The van der Waals surface area contributed by atoms with Crippen LogP contribution in [0.5, 0.6) is 0 Å². The van der Waals surface area contributed by atoms with E-state index in [-0.39, 0.29) is 10.3 Å². The van der Waals surface area contributed by atoms with Crippen LogP contribution in [0.1, 0.15) is 12.5 Å². The van der Waals surface area contributed by atoms with E-state index in [0.717, 1.165) is 0 Å². The topological polar surface area (TPSA) is 67.0 Å². The molecule has 0 saturated heterocycles. The van der Waals surface area contributed by atoms with E-state index < -0.39 is 9.84 Å². The van der Waals surface area contributed by atoms with Gasteiger partial charge in [0.2, 0.25) is 9.84 Å². The second kappa shape index (κ2) is 3.07. The molecule has 0 spiro atoms. The van der Waals surface area contributed by atoms with Crippen molar-refractivity contribution < 1.29 is 8.42 Å². The Morgan fingerprint density at radius 2 is 2.00 bits per heavy atom. The predicted octanol–water partition coefficient (Wildman–Crippen LogP) is 1.68. The quantitative estimate of drug-likeness (QED) is 0.770. The van der Waals surface area contributed by atoms with Crippen molar-refractivity contribution in [3.8, 4) is 0 Å². The number of nitrogens with one attached hydrogen (secondary N) is 1. The Hall–Kier alpha value is -1.88. The van der Waals surface area contributed by atoms with E-state index in [1.54, 1.807) is 25.3 Å². The molecule has 5 heteroatoms. The summed E-state index contributed by atoms with van der Waals surface area (Å²) < 4.78 is 23.9. The predicted molar refractivity (Wildman–Crippen MR) is 65.4 cm³/mol. The van der Waals surface area contributed by atoms with Crippen LogP contribution in [0.3, 0.4) is 0 Å². The van der Waals surface area contributed by atoms with Crippen molar-refractivity contribution in [2.45, 2.75) is 11.8 Å². The molecule has 1 aromatic carbocycles. The molecule has 2 aromatic rings. The van der Waals surface area contributed by atoms with E-state index in [1.165, 1.54) is 12.1 Å². The van der Waals surface area contributed by atoms with Crippen LogP contribution in [-0.2, 0) is 9.84 Å². The van der Waals surface area contributed by atoms with Crippen LogP contribution in [0, 0.1) is 0 Å². The third-order valence-electron chi connectivity index (χ3n) is 2.96. The maximum absolute atomic E-state index is 12.0. The Bertz CT molecular complexity index is 828. The minimum Gasteiger partial charge on any atom is -0.361 e. The third-order valence-corrected chi connectivity index (χ3v) is 4.86. The molecule has 1 N–H and O–H groups in total. The van der Waals surface area contributed by atoms with Gasteiger partial charge in [-0.25, -0.2) is 8.42 Å². The number of aromatic nitrogens is 1. The second-order valence-electron chi connectivity index (χ2n) is 4.04. The van der Waals surface area contributed by atoms with Gasteiger partial charge in [-0.2, -0.15) is 0 Å². The highest BCUT2D eigenvalue weighted by Crippen LogP contribution is 2.33. The fourth-order valence-electron chi connectivity index (χ4n) is 2.03. The molecule has 0 bridgehead atoms. The molecule has 0 saturated carbocycles. The van der Waals surface area contributed by atoms with Crippen LogP contribution in [0.25, 0.3) is 17.0 Å². The molecule has 3 rings (SSSR count). The van der Waals surface area contributed by atoms with Crippen molar-refractivity contribution >= 4 is 26.8 Å².